The Morgan fingerprint density at radius 1 is 1.12 bits per heavy atom. The molecule has 1 aliphatic rings. The number of nitrogens with zero attached hydrogens (tertiary/aromatic N) is 4. The average molecular weight is 342 g/mol. The van der Waals surface area contributed by atoms with E-state index in [0.29, 0.717) is 13.1 Å². The summed E-state index contributed by atoms with van der Waals surface area (Å²) < 4.78 is 28.7. The number of pyridine rings is 1. The second-order valence-electron chi connectivity index (χ2n) is 6.24. The van der Waals surface area contributed by atoms with Crippen LogP contribution in [0.25, 0.3) is 5.65 Å². The monoisotopic (exact) mass is 342 g/mol. The van der Waals surface area contributed by atoms with Crippen molar-refractivity contribution in [3.05, 3.63) is 65.6 Å². The van der Waals surface area contributed by atoms with Crippen LogP contribution in [0.5, 0.6) is 0 Å². The van der Waals surface area contributed by atoms with Crippen molar-refractivity contribution in [3.8, 4) is 0 Å². The molecule has 4 rings (SSSR count). The molecular formula is C18H16F2N4O. The van der Waals surface area contributed by atoms with Gasteiger partial charge < -0.3 is 4.90 Å². The molecule has 128 valence electrons. The van der Waals surface area contributed by atoms with E-state index in [2.05, 4.69) is 10.2 Å². The maximum Gasteiger partial charge on any atom is 0.254 e. The van der Waals surface area contributed by atoms with Crippen LogP contribution in [0.1, 0.15) is 34.9 Å². The maximum absolute atomic E-state index is 13.4. The fraction of sp³-hybridized carbons (Fsp3) is 0.278. The number of amides is 1. The molecule has 0 bridgehead atoms. The molecule has 0 saturated carbocycles. The summed E-state index contributed by atoms with van der Waals surface area (Å²) in [5, 5.41) is 8.42. The highest BCUT2D eigenvalue weighted by Gasteiger charge is 2.28. The zero-order chi connectivity index (χ0) is 17.4. The van der Waals surface area contributed by atoms with Crippen LogP contribution >= 0.6 is 0 Å². The van der Waals surface area contributed by atoms with Crippen molar-refractivity contribution in [3.63, 3.8) is 0 Å². The van der Waals surface area contributed by atoms with Crippen LogP contribution in [0.4, 0.5) is 8.78 Å². The minimum atomic E-state index is -0.750. The lowest BCUT2D eigenvalue weighted by Gasteiger charge is -2.32. The Morgan fingerprint density at radius 3 is 2.72 bits per heavy atom. The molecule has 1 aromatic carbocycles. The molecule has 1 atom stereocenters. The second kappa shape index (κ2) is 6.23. The zero-order valence-corrected chi connectivity index (χ0v) is 13.4. The number of rotatable bonds is 2. The molecule has 0 radical (unpaired) electrons. The minimum Gasteiger partial charge on any atom is -0.338 e. The zero-order valence-electron chi connectivity index (χ0n) is 13.4. The first-order valence-electron chi connectivity index (χ1n) is 8.17. The Hall–Kier alpha value is -2.83. The SMILES string of the molecule is O=C(c1cc(F)cc(F)c1)N1CCCC(c2nnc3ccccn23)C1. The molecule has 7 heteroatoms. The van der Waals surface area contributed by atoms with Crippen LogP contribution in [0.2, 0.25) is 0 Å². The number of benzene rings is 1. The van der Waals surface area contributed by atoms with Gasteiger partial charge in [-0.3, -0.25) is 9.20 Å². The van der Waals surface area contributed by atoms with Gasteiger partial charge in [0, 0.05) is 36.8 Å². The third-order valence-electron chi connectivity index (χ3n) is 4.52. The molecule has 1 amide bonds. The van der Waals surface area contributed by atoms with Gasteiger partial charge in [0.15, 0.2) is 5.65 Å². The quantitative estimate of drug-likeness (QED) is 0.719. The number of carbonyl (C=O) groups excluding carboxylic acids is 1. The highest BCUT2D eigenvalue weighted by molar-refractivity contribution is 5.94. The van der Waals surface area contributed by atoms with Gasteiger partial charge >= 0.3 is 0 Å². The normalized spacial score (nSPS) is 17.8. The standard InChI is InChI=1S/C18H16F2N4O/c19-14-8-13(9-15(20)10-14)18(25)23-6-3-4-12(11-23)17-22-21-16-5-1-2-7-24(16)17/h1-2,5,7-10,12H,3-4,6,11H2. The number of fused-ring (bicyclic) bond motifs is 1. The number of carbonyl (C=O) groups is 1. The van der Waals surface area contributed by atoms with E-state index in [1.165, 1.54) is 0 Å². The Bertz CT molecular complexity index is 919. The number of piperidine rings is 1. The molecule has 3 aromatic rings. The van der Waals surface area contributed by atoms with E-state index in [-0.39, 0.29) is 17.4 Å². The molecule has 25 heavy (non-hydrogen) atoms. The van der Waals surface area contributed by atoms with Crippen molar-refractivity contribution in [2.45, 2.75) is 18.8 Å². The number of hydrogen-bond donors (Lipinski definition) is 0. The molecule has 1 fully saturated rings. The molecule has 1 unspecified atom stereocenters. The average Bonchev–Trinajstić information content (AvgIpc) is 3.04. The van der Waals surface area contributed by atoms with Gasteiger partial charge in [0.25, 0.3) is 5.91 Å². The number of halogens is 2. The lowest BCUT2D eigenvalue weighted by atomic mass is 9.96. The van der Waals surface area contributed by atoms with E-state index < -0.39 is 11.6 Å². The van der Waals surface area contributed by atoms with Crippen LogP contribution in [0, 0.1) is 11.6 Å². The molecular weight excluding hydrogens is 326 g/mol. The first kappa shape index (κ1) is 15.7. The Balaban J connectivity index is 1.59. The predicted molar refractivity (Wildman–Crippen MR) is 87.2 cm³/mol. The lowest BCUT2D eigenvalue weighted by Crippen LogP contribution is -2.39. The third kappa shape index (κ3) is 2.97. The summed E-state index contributed by atoms with van der Waals surface area (Å²) in [6, 6.07) is 8.57. The van der Waals surface area contributed by atoms with Gasteiger partial charge in [0.2, 0.25) is 0 Å². The summed E-state index contributed by atoms with van der Waals surface area (Å²) in [5.41, 5.74) is 0.789. The molecule has 0 spiro atoms. The van der Waals surface area contributed by atoms with Crippen LogP contribution in [-0.4, -0.2) is 38.5 Å². The van der Waals surface area contributed by atoms with Gasteiger partial charge in [0.05, 0.1) is 0 Å². The van der Waals surface area contributed by atoms with Crippen molar-refractivity contribution in [1.82, 2.24) is 19.5 Å². The van der Waals surface area contributed by atoms with E-state index in [9.17, 15) is 13.6 Å². The van der Waals surface area contributed by atoms with Crippen LogP contribution in [-0.2, 0) is 0 Å². The van der Waals surface area contributed by atoms with Crippen molar-refractivity contribution in [2.24, 2.45) is 0 Å². The molecule has 0 aliphatic carbocycles. The van der Waals surface area contributed by atoms with E-state index in [4.69, 9.17) is 0 Å². The van der Waals surface area contributed by atoms with E-state index in [0.717, 1.165) is 42.5 Å². The van der Waals surface area contributed by atoms with Gasteiger partial charge in [-0.25, -0.2) is 8.78 Å². The van der Waals surface area contributed by atoms with Crippen LogP contribution < -0.4 is 0 Å². The van der Waals surface area contributed by atoms with Crippen molar-refractivity contribution < 1.29 is 13.6 Å². The Labute approximate surface area is 142 Å². The Kier molecular flexibility index (Phi) is 3.91. The van der Waals surface area contributed by atoms with Gasteiger partial charge in [-0.2, -0.15) is 0 Å². The summed E-state index contributed by atoms with van der Waals surface area (Å²) in [6.07, 6.45) is 3.58. The molecule has 0 N–H and O–H groups in total. The highest BCUT2D eigenvalue weighted by atomic mass is 19.1. The van der Waals surface area contributed by atoms with E-state index in [1.54, 1.807) is 4.90 Å². The summed E-state index contributed by atoms with van der Waals surface area (Å²) >= 11 is 0. The van der Waals surface area contributed by atoms with Crippen molar-refractivity contribution >= 4 is 11.6 Å². The summed E-state index contributed by atoms with van der Waals surface area (Å²) in [5.74, 6) is -1.02. The summed E-state index contributed by atoms with van der Waals surface area (Å²) in [7, 11) is 0. The molecule has 5 nitrogen and oxygen atoms in total. The molecule has 2 aromatic heterocycles. The first-order chi connectivity index (χ1) is 12.1. The smallest absolute Gasteiger partial charge is 0.254 e. The lowest BCUT2D eigenvalue weighted by molar-refractivity contribution is 0.0703. The van der Waals surface area contributed by atoms with Crippen molar-refractivity contribution in [1.29, 1.82) is 0 Å². The van der Waals surface area contributed by atoms with E-state index in [1.807, 2.05) is 28.8 Å². The number of hydrogen-bond acceptors (Lipinski definition) is 3. The van der Waals surface area contributed by atoms with Crippen molar-refractivity contribution in [2.75, 3.05) is 13.1 Å². The van der Waals surface area contributed by atoms with Crippen LogP contribution in [0.15, 0.2) is 42.6 Å². The first-order valence-corrected chi connectivity index (χ1v) is 8.17. The maximum atomic E-state index is 13.4. The van der Waals surface area contributed by atoms with Gasteiger partial charge in [-0.1, -0.05) is 6.07 Å². The number of aromatic nitrogens is 3. The number of likely N-dealkylation sites (tertiary alicyclic amines) is 1. The Morgan fingerprint density at radius 2 is 1.92 bits per heavy atom. The predicted octanol–water partition coefficient (Wildman–Crippen LogP) is 3.03. The summed E-state index contributed by atoms with van der Waals surface area (Å²) in [6.45, 7) is 1.01. The summed E-state index contributed by atoms with van der Waals surface area (Å²) in [4.78, 5) is 14.3. The van der Waals surface area contributed by atoms with Gasteiger partial charge in [0.1, 0.15) is 17.5 Å². The highest BCUT2D eigenvalue weighted by Crippen LogP contribution is 2.27. The molecule has 3 heterocycles. The second-order valence-corrected chi connectivity index (χ2v) is 6.24. The minimum absolute atomic E-state index is 0.0317. The largest absolute Gasteiger partial charge is 0.338 e. The van der Waals surface area contributed by atoms with Gasteiger partial charge in [-0.05, 0) is 37.1 Å². The molecule has 1 aliphatic heterocycles. The fourth-order valence-electron chi connectivity index (χ4n) is 3.37. The van der Waals surface area contributed by atoms with Gasteiger partial charge in [-0.15, -0.1) is 10.2 Å². The fourth-order valence-corrected chi connectivity index (χ4v) is 3.37. The van der Waals surface area contributed by atoms with E-state index >= 15 is 0 Å². The topological polar surface area (TPSA) is 50.5 Å². The van der Waals surface area contributed by atoms with Crippen LogP contribution in [0.3, 0.4) is 0 Å². The molecule has 1 saturated heterocycles. The third-order valence-corrected chi connectivity index (χ3v) is 4.52.